The molecule has 0 aliphatic rings. The zero-order chi connectivity index (χ0) is 15.8. The summed E-state index contributed by atoms with van der Waals surface area (Å²) in [6, 6.07) is 3.15. The van der Waals surface area contributed by atoms with Gasteiger partial charge in [0.05, 0.1) is 5.82 Å². The molecule has 3 N–H and O–H groups in total. The molecule has 0 fully saturated rings. The molecule has 0 aliphatic carbocycles. The molecule has 1 rings (SSSR count). The van der Waals surface area contributed by atoms with E-state index in [-0.39, 0.29) is 5.56 Å². The minimum absolute atomic E-state index is 0.108. The number of rotatable bonds is 9. The molecule has 21 heavy (non-hydrogen) atoms. The Labute approximate surface area is 125 Å². The molecule has 6 nitrogen and oxygen atoms in total. The second-order valence-corrected chi connectivity index (χ2v) is 4.69. The Hall–Kier alpha value is -2.08. The van der Waals surface area contributed by atoms with Gasteiger partial charge in [0.2, 0.25) is 0 Å². The molecule has 0 atom stereocenters. The summed E-state index contributed by atoms with van der Waals surface area (Å²) in [4.78, 5) is 12.1. The number of hydrogen-bond donors (Lipinski definition) is 3. The third-order valence-corrected chi connectivity index (χ3v) is 2.98. The van der Waals surface area contributed by atoms with Gasteiger partial charge >= 0.3 is 0 Å². The van der Waals surface area contributed by atoms with E-state index in [4.69, 9.17) is 10.1 Å². The lowest BCUT2D eigenvalue weighted by Gasteiger charge is -2.19. The van der Waals surface area contributed by atoms with Gasteiger partial charge in [0.1, 0.15) is 5.82 Å². The van der Waals surface area contributed by atoms with E-state index in [1.54, 1.807) is 24.7 Å². The van der Waals surface area contributed by atoms with E-state index in [2.05, 4.69) is 17.2 Å². The van der Waals surface area contributed by atoms with Crippen LogP contribution in [-0.2, 0) is 11.3 Å². The van der Waals surface area contributed by atoms with E-state index in [0.717, 1.165) is 13.0 Å². The fraction of sp³-hybridized carbons (Fsp3) is 0.467. The topological polar surface area (TPSA) is 79.1 Å². The number of ether oxygens (including phenoxy) is 1. The highest BCUT2D eigenvalue weighted by molar-refractivity contribution is 6.00. The van der Waals surface area contributed by atoms with Crippen LogP contribution in [0.2, 0.25) is 0 Å². The van der Waals surface area contributed by atoms with Crippen LogP contribution in [0.15, 0.2) is 29.3 Å². The van der Waals surface area contributed by atoms with Crippen molar-refractivity contribution in [1.29, 1.82) is 5.41 Å². The predicted molar refractivity (Wildman–Crippen MR) is 86.1 cm³/mol. The minimum Gasteiger partial charge on any atom is -0.385 e. The Bertz CT molecular complexity index is 563. The second-order valence-electron chi connectivity index (χ2n) is 4.69. The van der Waals surface area contributed by atoms with E-state index < -0.39 is 0 Å². The quantitative estimate of drug-likeness (QED) is 0.479. The van der Waals surface area contributed by atoms with E-state index >= 15 is 0 Å². The minimum atomic E-state index is -0.108. The number of methoxy groups -OCH3 is 1. The number of aromatic nitrogens is 1. The summed E-state index contributed by atoms with van der Waals surface area (Å²) in [6.07, 6.45) is 0.721. The summed E-state index contributed by atoms with van der Waals surface area (Å²) in [6.45, 7) is 9.36. The monoisotopic (exact) mass is 292 g/mol. The van der Waals surface area contributed by atoms with Crippen molar-refractivity contribution in [3.63, 3.8) is 0 Å². The zero-order valence-electron chi connectivity index (χ0n) is 13.0. The number of nitrogens with one attached hydrogen (secondary N) is 3. The summed E-state index contributed by atoms with van der Waals surface area (Å²) in [7, 11) is 1.63. The summed E-state index contributed by atoms with van der Waals surface area (Å²) >= 11 is 0. The van der Waals surface area contributed by atoms with Crippen molar-refractivity contribution >= 4 is 11.5 Å². The lowest BCUT2D eigenvalue weighted by Crippen LogP contribution is -2.28. The molecule has 0 radical (unpaired) electrons. The SMILES string of the molecule is C=C(NCC)Nc1c(C(C)=N)ccc(=O)n1CCCOC. The van der Waals surface area contributed by atoms with Crippen molar-refractivity contribution in [2.45, 2.75) is 26.8 Å². The molecule has 0 bridgehead atoms. The molecule has 0 saturated carbocycles. The summed E-state index contributed by atoms with van der Waals surface area (Å²) in [5, 5.41) is 14.0. The fourth-order valence-electron chi connectivity index (χ4n) is 2.01. The van der Waals surface area contributed by atoms with Crippen LogP contribution in [0.3, 0.4) is 0 Å². The summed E-state index contributed by atoms with van der Waals surface area (Å²) in [5.74, 6) is 1.20. The normalized spacial score (nSPS) is 10.2. The van der Waals surface area contributed by atoms with Gasteiger partial charge in [-0.2, -0.15) is 0 Å². The molecule has 1 aromatic rings. The Balaban J connectivity index is 3.18. The van der Waals surface area contributed by atoms with Gasteiger partial charge in [0, 0.05) is 44.1 Å². The molecule has 0 saturated heterocycles. The van der Waals surface area contributed by atoms with E-state index in [1.165, 1.54) is 6.07 Å². The van der Waals surface area contributed by atoms with E-state index in [1.807, 2.05) is 6.92 Å². The molecule has 0 unspecified atom stereocenters. The Kier molecular flexibility index (Phi) is 6.68. The second kappa shape index (κ2) is 8.26. The number of anilines is 1. The predicted octanol–water partition coefficient (Wildman–Crippen LogP) is 1.77. The third-order valence-electron chi connectivity index (χ3n) is 2.98. The summed E-state index contributed by atoms with van der Waals surface area (Å²) < 4.78 is 6.65. The van der Waals surface area contributed by atoms with Crippen LogP contribution in [0.5, 0.6) is 0 Å². The molecule has 0 spiro atoms. The van der Waals surface area contributed by atoms with Gasteiger partial charge in [-0.3, -0.25) is 9.36 Å². The molecule has 6 heteroatoms. The van der Waals surface area contributed by atoms with E-state index in [9.17, 15) is 4.79 Å². The highest BCUT2D eigenvalue weighted by atomic mass is 16.5. The average molecular weight is 292 g/mol. The molecular formula is C15H24N4O2. The third kappa shape index (κ3) is 4.75. The average Bonchev–Trinajstić information content (AvgIpc) is 2.42. The first-order chi connectivity index (χ1) is 10.0. The van der Waals surface area contributed by atoms with Crippen molar-refractivity contribution < 1.29 is 4.74 Å². The zero-order valence-corrected chi connectivity index (χ0v) is 13.0. The highest BCUT2D eigenvalue weighted by Crippen LogP contribution is 2.16. The molecule has 116 valence electrons. The van der Waals surface area contributed by atoms with Gasteiger partial charge < -0.3 is 20.8 Å². The first kappa shape index (κ1) is 17.0. The van der Waals surface area contributed by atoms with Crippen molar-refractivity contribution in [2.24, 2.45) is 0 Å². The number of hydrogen-bond acceptors (Lipinski definition) is 5. The van der Waals surface area contributed by atoms with Crippen molar-refractivity contribution in [1.82, 2.24) is 9.88 Å². The summed E-state index contributed by atoms with van der Waals surface area (Å²) in [5.41, 5.74) is 0.969. The lowest BCUT2D eigenvalue weighted by molar-refractivity contribution is 0.190. The van der Waals surface area contributed by atoms with Gasteiger partial charge in [0.15, 0.2) is 0 Å². The van der Waals surface area contributed by atoms with Crippen LogP contribution >= 0.6 is 0 Å². The van der Waals surface area contributed by atoms with Crippen LogP contribution in [0.25, 0.3) is 0 Å². The van der Waals surface area contributed by atoms with Crippen LogP contribution in [0, 0.1) is 5.41 Å². The molecule has 1 aromatic heterocycles. The number of pyridine rings is 1. The van der Waals surface area contributed by atoms with Crippen LogP contribution in [0.4, 0.5) is 5.82 Å². The maximum Gasteiger partial charge on any atom is 0.252 e. The van der Waals surface area contributed by atoms with Crippen molar-refractivity contribution in [2.75, 3.05) is 25.6 Å². The Morgan fingerprint density at radius 1 is 1.48 bits per heavy atom. The Morgan fingerprint density at radius 2 is 2.19 bits per heavy atom. The van der Waals surface area contributed by atoms with Crippen LogP contribution < -0.4 is 16.2 Å². The van der Waals surface area contributed by atoms with E-state index in [0.29, 0.717) is 36.1 Å². The van der Waals surface area contributed by atoms with Crippen molar-refractivity contribution in [3.8, 4) is 0 Å². The molecule has 0 aromatic carbocycles. The Morgan fingerprint density at radius 3 is 2.76 bits per heavy atom. The fourth-order valence-corrected chi connectivity index (χ4v) is 2.01. The molecular weight excluding hydrogens is 268 g/mol. The first-order valence-electron chi connectivity index (χ1n) is 6.99. The smallest absolute Gasteiger partial charge is 0.252 e. The van der Waals surface area contributed by atoms with Crippen molar-refractivity contribution in [3.05, 3.63) is 40.4 Å². The standard InChI is InChI=1S/C15H24N4O2/c1-5-17-12(3)18-15-13(11(2)16)7-8-14(20)19(15)9-6-10-21-4/h7-8,16-18H,3,5-6,9-10H2,1-2,4H3. The largest absolute Gasteiger partial charge is 0.385 e. The molecule has 1 heterocycles. The molecule has 0 aliphatic heterocycles. The maximum atomic E-state index is 12.1. The van der Waals surface area contributed by atoms with Gasteiger partial charge in [-0.15, -0.1) is 0 Å². The maximum absolute atomic E-state index is 12.1. The van der Waals surface area contributed by atoms with Gasteiger partial charge in [-0.1, -0.05) is 6.58 Å². The van der Waals surface area contributed by atoms with Crippen LogP contribution in [-0.4, -0.2) is 30.5 Å². The van der Waals surface area contributed by atoms with Gasteiger partial charge in [-0.25, -0.2) is 0 Å². The number of nitrogens with zero attached hydrogens (tertiary/aromatic N) is 1. The van der Waals surface area contributed by atoms with Crippen LogP contribution in [0.1, 0.15) is 25.8 Å². The van der Waals surface area contributed by atoms with Gasteiger partial charge in [-0.05, 0) is 26.3 Å². The first-order valence-corrected chi connectivity index (χ1v) is 6.99. The van der Waals surface area contributed by atoms with Gasteiger partial charge in [0.25, 0.3) is 5.56 Å². The highest BCUT2D eigenvalue weighted by Gasteiger charge is 2.12. The lowest BCUT2D eigenvalue weighted by atomic mass is 10.1. The molecule has 0 amide bonds.